The zero-order chi connectivity index (χ0) is 21.0. The normalized spacial score (nSPS) is 27.4. The summed E-state index contributed by atoms with van der Waals surface area (Å²) in [6.45, 7) is 12.0. The molecular formula is C25H38N2O2. The van der Waals surface area contributed by atoms with Gasteiger partial charge in [0, 0.05) is 26.1 Å². The maximum atomic E-state index is 10.7. The van der Waals surface area contributed by atoms with Gasteiger partial charge in [-0.25, -0.2) is 0 Å². The second kappa shape index (κ2) is 9.49. The van der Waals surface area contributed by atoms with Gasteiger partial charge >= 0.3 is 0 Å². The van der Waals surface area contributed by atoms with Crippen molar-refractivity contribution in [2.45, 2.75) is 78.4 Å². The summed E-state index contributed by atoms with van der Waals surface area (Å²) in [5.74, 6) is 2.03. The van der Waals surface area contributed by atoms with E-state index in [1.807, 2.05) is 6.07 Å². The number of fused-ring (bicyclic) bond motifs is 1. The van der Waals surface area contributed by atoms with Gasteiger partial charge in [-0.2, -0.15) is 5.26 Å². The summed E-state index contributed by atoms with van der Waals surface area (Å²) in [5.41, 5.74) is 2.74. The van der Waals surface area contributed by atoms with Crippen LogP contribution in [0.1, 0.15) is 63.5 Å². The second-order valence-electron chi connectivity index (χ2n) is 9.52. The molecule has 4 heteroatoms. The van der Waals surface area contributed by atoms with Crippen molar-refractivity contribution in [3.05, 3.63) is 29.3 Å². The molecule has 4 nitrogen and oxygen atoms in total. The highest BCUT2D eigenvalue weighted by molar-refractivity contribution is 5.34. The minimum Gasteiger partial charge on any atom is -0.488 e. The van der Waals surface area contributed by atoms with Crippen LogP contribution < -0.4 is 4.74 Å². The van der Waals surface area contributed by atoms with Gasteiger partial charge < -0.3 is 14.7 Å². The van der Waals surface area contributed by atoms with Gasteiger partial charge in [-0.05, 0) is 86.5 Å². The van der Waals surface area contributed by atoms with Crippen molar-refractivity contribution < 1.29 is 9.84 Å². The largest absolute Gasteiger partial charge is 0.488 e. The molecule has 160 valence electrons. The molecule has 2 aliphatic rings. The molecule has 1 N–H and O–H groups in total. The molecule has 1 saturated heterocycles. The van der Waals surface area contributed by atoms with E-state index in [2.05, 4.69) is 50.8 Å². The molecule has 1 saturated carbocycles. The maximum absolute atomic E-state index is 10.7. The zero-order valence-corrected chi connectivity index (χ0v) is 18.7. The molecule has 1 aromatic rings. The molecule has 4 atom stereocenters. The topological polar surface area (TPSA) is 56.5 Å². The first kappa shape index (κ1) is 22.1. The SMILES string of the molecule is CCC(CC)(CCC#N)CN1C[C@H]2C[C@@H](Oc3ccc(C)c(C)c3)[C@H](O)C[C@H]2C1. The van der Waals surface area contributed by atoms with Crippen molar-refractivity contribution in [3.8, 4) is 11.8 Å². The number of hydrogen-bond acceptors (Lipinski definition) is 4. The van der Waals surface area contributed by atoms with Gasteiger partial charge in [0.2, 0.25) is 0 Å². The van der Waals surface area contributed by atoms with E-state index in [-0.39, 0.29) is 11.5 Å². The third-order valence-corrected chi connectivity index (χ3v) is 7.75. The van der Waals surface area contributed by atoms with E-state index in [0.717, 1.165) is 57.5 Å². The van der Waals surface area contributed by atoms with Crippen molar-refractivity contribution in [2.75, 3.05) is 19.6 Å². The number of nitriles is 1. The Kier molecular flexibility index (Phi) is 7.24. The van der Waals surface area contributed by atoms with Crippen molar-refractivity contribution in [3.63, 3.8) is 0 Å². The number of nitrogens with zero attached hydrogens (tertiary/aromatic N) is 2. The summed E-state index contributed by atoms with van der Waals surface area (Å²) >= 11 is 0. The van der Waals surface area contributed by atoms with Gasteiger partial charge in [0.25, 0.3) is 0 Å². The molecule has 1 aliphatic heterocycles. The van der Waals surface area contributed by atoms with E-state index in [4.69, 9.17) is 10.00 Å². The molecule has 0 bridgehead atoms. The number of hydrogen-bond donors (Lipinski definition) is 1. The zero-order valence-electron chi connectivity index (χ0n) is 18.7. The van der Waals surface area contributed by atoms with Crippen LogP contribution in [-0.2, 0) is 0 Å². The first-order valence-corrected chi connectivity index (χ1v) is 11.4. The second-order valence-corrected chi connectivity index (χ2v) is 9.52. The maximum Gasteiger partial charge on any atom is 0.125 e. The summed E-state index contributed by atoms with van der Waals surface area (Å²) in [4.78, 5) is 2.60. The fourth-order valence-electron chi connectivity index (χ4n) is 5.41. The van der Waals surface area contributed by atoms with Crippen molar-refractivity contribution in [2.24, 2.45) is 17.3 Å². The highest BCUT2D eigenvalue weighted by Crippen LogP contribution is 2.41. The lowest BCUT2D eigenvalue weighted by Crippen LogP contribution is -2.42. The van der Waals surface area contributed by atoms with Gasteiger partial charge in [-0.1, -0.05) is 19.9 Å². The number of aryl methyl sites for hydroxylation is 2. The smallest absolute Gasteiger partial charge is 0.125 e. The number of likely N-dealkylation sites (tertiary alicyclic amines) is 1. The third kappa shape index (κ3) is 5.13. The molecule has 1 heterocycles. The molecule has 0 amide bonds. The first-order chi connectivity index (χ1) is 13.9. The molecule has 0 aromatic heterocycles. The quantitative estimate of drug-likeness (QED) is 0.679. The van der Waals surface area contributed by atoms with Crippen molar-refractivity contribution in [1.29, 1.82) is 5.26 Å². The monoisotopic (exact) mass is 398 g/mol. The molecule has 2 fully saturated rings. The molecule has 0 spiro atoms. The average Bonchev–Trinajstić information content (AvgIpc) is 3.09. The standard InChI is InChI=1S/C25H38N2O2/c1-5-25(6-2,10-7-11-26)17-27-15-20-13-23(28)24(14-21(20)16-27)29-22-9-8-18(3)19(4)12-22/h8-9,12,20-21,23-24,28H,5-7,10,13-17H2,1-4H3/t20-,21+,23+,24+/m0/s1. The summed E-state index contributed by atoms with van der Waals surface area (Å²) in [6.07, 6.45) is 5.14. The first-order valence-electron chi connectivity index (χ1n) is 11.4. The van der Waals surface area contributed by atoms with Gasteiger partial charge in [0.05, 0.1) is 12.2 Å². The van der Waals surface area contributed by atoms with Crippen LogP contribution in [0.25, 0.3) is 0 Å². The van der Waals surface area contributed by atoms with Crippen LogP contribution in [0.5, 0.6) is 5.75 Å². The molecule has 1 aromatic carbocycles. The number of rotatable bonds is 8. The number of ether oxygens (including phenoxy) is 1. The summed E-state index contributed by atoms with van der Waals surface area (Å²) in [7, 11) is 0. The molecule has 3 rings (SSSR count). The van der Waals surface area contributed by atoms with Crippen LogP contribution in [0, 0.1) is 42.4 Å². The van der Waals surface area contributed by atoms with Crippen LogP contribution in [-0.4, -0.2) is 41.8 Å². The van der Waals surface area contributed by atoms with Gasteiger partial charge in [-0.3, -0.25) is 0 Å². The fraction of sp³-hybridized carbons (Fsp3) is 0.720. The molecular weight excluding hydrogens is 360 g/mol. The minimum atomic E-state index is -0.390. The molecule has 0 radical (unpaired) electrons. The van der Waals surface area contributed by atoms with E-state index in [0.29, 0.717) is 18.3 Å². The Morgan fingerprint density at radius 2 is 1.83 bits per heavy atom. The van der Waals surface area contributed by atoms with E-state index >= 15 is 0 Å². The van der Waals surface area contributed by atoms with E-state index < -0.39 is 6.10 Å². The Balaban J connectivity index is 1.61. The van der Waals surface area contributed by atoms with E-state index in [9.17, 15) is 5.11 Å². The Morgan fingerprint density at radius 3 is 2.45 bits per heavy atom. The van der Waals surface area contributed by atoms with Gasteiger partial charge in [0.15, 0.2) is 0 Å². The predicted octanol–water partition coefficient (Wildman–Crippen LogP) is 4.86. The Labute approximate surface area is 176 Å². The summed E-state index contributed by atoms with van der Waals surface area (Å²) in [5, 5.41) is 19.8. The molecule has 0 unspecified atom stereocenters. The highest BCUT2D eigenvalue weighted by Gasteiger charge is 2.44. The number of benzene rings is 1. The van der Waals surface area contributed by atoms with Crippen molar-refractivity contribution >= 4 is 0 Å². The fourth-order valence-corrected chi connectivity index (χ4v) is 5.41. The highest BCUT2D eigenvalue weighted by atomic mass is 16.5. The van der Waals surface area contributed by atoms with E-state index in [1.165, 1.54) is 11.1 Å². The van der Waals surface area contributed by atoms with Crippen LogP contribution in [0.4, 0.5) is 0 Å². The van der Waals surface area contributed by atoms with Crippen LogP contribution in [0.3, 0.4) is 0 Å². The lowest BCUT2D eigenvalue weighted by atomic mass is 9.78. The van der Waals surface area contributed by atoms with Gasteiger partial charge in [0.1, 0.15) is 11.9 Å². The average molecular weight is 399 g/mol. The Hall–Kier alpha value is -1.57. The predicted molar refractivity (Wildman–Crippen MR) is 117 cm³/mol. The third-order valence-electron chi connectivity index (χ3n) is 7.75. The lowest BCUT2D eigenvalue weighted by molar-refractivity contribution is -0.0231. The number of aliphatic hydroxyl groups is 1. The number of aliphatic hydroxyl groups excluding tert-OH is 1. The van der Waals surface area contributed by atoms with E-state index in [1.54, 1.807) is 0 Å². The Morgan fingerprint density at radius 1 is 1.14 bits per heavy atom. The summed E-state index contributed by atoms with van der Waals surface area (Å²) < 4.78 is 6.24. The summed E-state index contributed by atoms with van der Waals surface area (Å²) in [6, 6.07) is 8.54. The van der Waals surface area contributed by atoms with Gasteiger partial charge in [-0.15, -0.1) is 0 Å². The Bertz CT molecular complexity index is 722. The minimum absolute atomic E-state index is 0.112. The van der Waals surface area contributed by atoms with Crippen LogP contribution in [0.2, 0.25) is 0 Å². The van der Waals surface area contributed by atoms with Crippen LogP contribution in [0.15, 0.2) is 18.2 Å². The molecule has 29 heavy (non-hydrogen) atoms. The lowest BCUT2D eigenvalue weighted by Gasteiger charge is -2.35. The molecule has 1 aliphatic carbocycles. The van der Waals surface area contributed by atoms with Crippen molar-refractivity contribution in [1.82, 2.24) is 4.90 Å². The van der Waals surface area contributed by atoms with Crippen LogP contribution >= 0.6 is 0 Å².